The summed E-state index contributed by atoms with van der Waals surface area (Å²) in [5.41, 5.74) is 12.0. The van der Waals surface area contributed by atoms with Gasteiger partial charge in [0, 0.05) is 37.8 Å². The normalized spacial score (nSPS) is 16.1. The van der Waals surface area contributed by atoms with Crippen molar-refractivity contribution >= 4 is 29.4 Å². The number of guanidine groups is 1. The number of aliphatic imine (C=N–C) groups is 1. The summed E-state index contributed by atoms with van der Waals surface area (Å²) in [6.45, 7) is -0.515. The van der Waals surface area contributed by atoms with Crippen LogP contribution in [0.3, 0.4) is 0 Å². The highest BCUT2D eigenvalue weighted by Crippen LogP contribution is 2.29. The molecule has 0 saturated carbocycles. The molecule has 2 aromatic rings. The van der Waals surface area contributed by atoms with Crippen molar-refractivity contribution in [2.45, 2.75) is 57.1 Å². The van der Waals surface area contributed by atoms with Gasteiger partial charge in [0.05, 0.1) is 18.4 Å². The molecule has 0 aliphatic carbocycles. The molecule has 1 amide bonds. The highest BCUT2D eigenvalue weighted by Gasteiger charge is 2.39. The number of aromatic nitrogens is 1. The Morgan fingerprint density at radius 1 is 1.10 bits per heavy atom. The van der Waals surface area contributed by atoms with Gasteiger partial charge in [0.15, 0.2) is 17.5 Å². The van der Waals surface area contributed by atoms with Crippen LogP contribution in [0.25, 0.3) is 0 Å². The molecule has 1 aliphatic rings. The van der Waals surface area contributed by atoms with Crippen molar-refractivity contribution in [3.8, 4) is 0 Å². The highest BCUT2D eigenvalue weighted by molar-refractivity contribution is 5.96. The molecule has 1 fully saturated rings. The molecule has 11 heteroatoms. The number of nitrogens with zero attached hydrogens (tertiary/aromatic N) is 3. The van der Waals surface area contributed by atoms with Crippen LogP contribution in [0.4, 0.5) is 4.39 Å². The van der Waals surface area contributed by atoms with Gasteiger partial charge in [0.1, 0.15) is 13.3 Å². The monoisotopic (exact) mass is 553 g/mol. The van der Waals surface area contributed by atoms with E-state index in [0.717, 1.165) is 5.56 Å². The van der Waals surface area contributed by atoms with E-state index < -0.39 is 36.3 Å². The largest absolute Gasteiger partial charge is 0.461 e. The highest BCUT2D eigenvalue weighted by atomic mass is 19.1. The Hall–Kier alpha value is -4.15. The molecule has 10 nitrogen and oxygen atoms in total. The Bertz CT molecular complexity index is 1170. The van der Waals surface area contributed by atoms with Crippen molar-refractivity contribution in [3.05, 3.63) is 66.0 Å². The third kappa shape index (κ3) is 8.96. The van der Waals surface area contributed by atoms with Gasteiger partial charge in [-0.15, -0.1) is 0 Å². The van der Waals surface area contributed by atoms with Crippen molar-refractivity contribution in [1.29, 1.82) is 0 Å². The van der Waals surface area contributed by atoms with E-state index in [-0.39, 0.29) is 50.1 Å². The van der Waals surface area contributed by atoms with E-state index in [0.29, 0.717) is 31.4 Å². The molecule has 0 spiro atoms. The molecule has 4 N–H and O–H groups in total. The van der Waals surface area contributed by atoms with Crippen molar-refractivity contribution in [3.63, 3.8) is 0 Å². The number of alkyl halides is 1. The number of hydrogen-bond donors (Lipinski definition) is 2. The SMILES string of the molecule is NC(N)=NCCC[C@H](CC(=O)[C@@H]1CCCN1C(=O)[C@H](CC(=O)OCc1ccccc1)c1cccnc1)C(=O)CF. The van der Waals surface area contributed by atoms with Gasteiger partial charge in [0.25, 0.3) is 0 Å². The number of ketones is 2. The van der Waals surface area contributed by atoms with Crippen LogP contribution in [0.5, 0.6) is 0 Å². The predicted molar refractivity (Wildman–Crippen MR) is 147 cm³/mol. The van der Waals surface area contributed by atoms with E-state index >= 15 is 0 Å². The number of carbonyl (C=O) groups excluding carboxylic acids is 4. The maximum atomic E-state index is 13.8. The maximum absolute atomic E-state index is 13.8. The lowest BCUT2D eigenvalue weighted by Crippen LogP contribution is -2.44. The van der Waals surface area contributed by atoms with Crippen molar-refractivity contribution in [2.75, 3.05) is 19.8 Å². The molecule has 2 heterocycles. The third-order valence-electron chi connectivity index (χ3n) is 6.95. The lowest BCUT2D eigenvalue weighted by atomic mass is 9.89. The van der Waals surface area contributed by atoms with Gasteiger partial charge in [-0.25, -0.2) is 4.39 Å². The number of halogens is 1. The molecular formula is C29H36FN5O5. The smallest absolute Gasteiger partial charge is 0.307 e. The quantitative estimate of drug-likeness (QED) is 0.147. The van der Waals surface area contributed by atoms with Crippen LogP contribution < -0.4 is 11.5 Å². The number of esters is 1. The number of Topliss-reactive ketones (excluding diaryl/α,β-unsaturated/α-hetero) is 2. The minimum absolute atomic E-state index is 0.0750. The van der Waals surface area contributed by atoms with E-state index in [1.807, 2.05) is 30.3 Å². The minimum Gasteiger partial charge on any atom is -0.461 e. The molecule has 3 rings (SSSR count). The van der Waals surface area contributed by atoms with Crippen molar-refractivity contribution in [2.24, 2.45) is 22.4 Å². The molecular weight excluding hydrogens is 517 g/mol. The molecule has 0 unspecified atom stereocenters. The average molecular weight is 554 g/mol. The summed E-state index contributed by atoms with van der Waals surface area (Å²) in [4.78, 5) is 61.6. The minimum atomic E-state index is -1.18. The number of ether oxygens (including phenoxy) is 1. The fourth-order valence-electron chi connectivity index (χ4n) is 4.87. The van der Waals surface area contributed by atoms with E-state index in [1.54, 1.807) is 18.3 Å². The maximum Gasteiger partial charge on any atom is 0.307 e. The number of pyridine rings is 1. The zero-order valence-electron chi connectivity index (χ0n) is 22.4. The van der Waals surface area contributed by atoms with E-state index in [4.69, 9.17) is 16.2 Å². The van der Waals surface area contributed by atoms with Gasteiger partial charge >= 0.3 is 5.97 Å². The van der Waals surface area contributed by atoms with Crippen LogP contribution in [0.2, 0.25) is 0 Å². The number of rotatable bonds is 15. The Balaban J connectivity index is 1.70. The molecule has 1 aliphatic heterocycles. The number of nitrogens with two attached hydrogens (primary N) is 2. The van der Waals surface area contributed by atoms with E-state index in [2.05, 4.69) is 9.98 Å². The van der Waals surface area contributed by atoms with Crippen LogP contribution >= 0.6 is 0 Å². The van der Waals surface area contributed by atoms with Gasteiger partial charge in [-0.3, -0.25) is 29.2 Å². The number of likely N-dealkylation sites (tertiary alicyclic amines) is 1. The van der Waals surface area contributed by atoms with Crippen LogP contribution in [0, 0.1) is 5.92 Å². The molecule has 214 valence electrons. The van der Waals surface area contributed by atoms with Gasteiger partial charge in [-0.1, -0.05) is 36.4 Å². The summed E-state index contributed by atoms with van der Waals surface area (Å²) in [5, 5.41) is 0. The van der Waals surface area contributed by atoms with E-state index in [1.165, 1.54) is 11.1 Å². The van der Waals surface area contributed by atoms with Crippen LogP contribution in [-0.2, 0) is 30.5 Å². The zero-order valence-corrected chi connectivity index (χ0v) is 22.4. The second-order valence-electron chi connectivity index (χ2n) is 9.80. The van der Waals surface area contributed by atoms with Crippen LogP contribution in [0.1, 0.15) is 55.6 Å². The fraction of sp³-hybridized carbons (Fsp3) is 0.448. The predicted octanol–water partition coefficient (Wildman–Crippen LogP) is 2.46. The Morgan fingerprint density at radius 3 is 2.55 bits per heavy atom. The topological polar surface area (TPSA) is 158 Å². The molecule has 1 saturated heterocycles. The molecule has 1 aromatic heterocycles. The van der Waals surface area contributed by atoms with Gasteiger partial charge in [-0.2, -0.15) is 0 Å². The van der Waals surface area contributed by atoms with Gasteiger partial charge < -0.3 is 21.1 Å². The second-order valence-corrected chi connectivity index (χ2v) is 9.80. The lowest BCUT2D eigenvalue weighted by molar-refractivity contribution is -0.149. The van der Waals surface area contributed by atoms with Crippen molar-refractivity contribution < 1.29 is 28.3 Å². The van der Waals surface area contributed by atoms with E-state index in [9.17, 15) is 23.6 Å². The molecule has 0 bridgehead atoms. The Morgan fingerprint density at radius 2 is 1.88 bits per heavy atom. The molecule has 1 aromatic carbocycles. The molecule has 3 atom stereocenters. The molecule has 40 heavy (non-hydrogen) atoms. The van der Waals surface area contributed by atoms with Crippen LogP contribution in [0.15, 0.2) is 59.9 Å². The Kier molecular flexibility index (Phi) is 11.7. The van der Waals surface area contributed by atoms with Gasteiger partial charge in [-0.05, 0) is 42.9 Å². The molecule has 0 radical (unpaired) electrons. The Labute approximate surface area is 233 Å². The number of hydrogen-bond acceptors (Lipinski definition) is 7. The summed E-state index contributed by atoms with van der Waals surface area (Å²) in [6.07, 6.45) is 4.35. The second kappa shape index (κ2) is 15.4. The summed E-state index contributed by atoms with van der Waals surface area (Å²) < 4.78 is 18.7. The standard InChI is InChI=1S/C29H36FN5O5/c30-17-26(37)21(9-5-13-34-29(31)32)15-25(36)24-11-6-14-35(24)28(39)23(22-10-4-12-33-18-22)16-27(38)40-19-20-7-2-1-3-8-20/h1-4,7-8,10,12,18,21,23-24H,5-6,9,11,13-17,19H2,(H4,31,32,34)/t21-,23-,24+/m1/s1. The summed E-state index contributed by atoms with van der Waals surface area (Å²) in [5.74, 6) is -3.72. The number of carbonyl (C=O) groups is 4. The average Bonchev–Trinajstić information content (AvgIpc) is 3.47. The van der Waals surface area contributed by atoms with Gasteiger partial charge in [0.2, 0.25) is 5.91 Å². The van der Waals surface area contributed by atoms with Crippen molar-refractivity contribution in [1.82, 2.24) is 9.88 Å². The summed E-state index contributed by atoms with van der Waals surface area (Å²) >= 11 is 0. The summed E-state index contributed by atoms with van der Waals surface area (Å²) in [6, 6.07) is 11.8. The number of amides is 1. The number of benzene rings is 1. The first-order valence-electron chi connectivity index (χ1n) is 13.4. The summed E-state index contributed by atoms with van der Waals surface area (Å²) in [7, 11) is 0. The first-order chi connectivity index (χ1) is 19.3. The van der Waals surface area contributed by atoms with Crippen LogP contribution in [-0.4, -0.2) is 65.1 Å². The first kappa shape index (κ1) is 30.4. The fourth-order valence-corrected chi connectivity index (χ4v) is 4.87. The third-order valence-corrected chi connectivity index (χ3v) is 6.95. The first-order valence-corrected chi connectivity index (χ1v) is 13.4. The zero-order chi connectivity index (χ0) is 28.9. The lowest BCUT2D eigenvalue weighted by Gasteiger charge is -2.29.